The molecule has 2 aromatic rings. The van der Waals surface area contributed by atoms with Gasteiger partial charge in [-0.25, -0.2) is 12.8 Å². The fraction of sp³-hybridized carbons (Fsp3) is 0.278. The normalized spacial score (nSPS) is 16.5. The van der Waals surface area contributed by atoms with Gasteiger partial charge in [0.25, 0.3) is 0 Å². The highest BCUT2D eigenvalue weighted by Crippen LogP contribution is 2.19. The fourth-order valence-electron chi connectivity index (χ4n) is 2.88. The van der Waals surface area contributed by atoms with E-state index < -0.39 is 10.0 Å². The number of piperazine rings is 1. The van der Waals surface area contributed by atoms with Crippen LogP contribution in [0.4, 0.5) is 4.39 Å². The van der Waals surface area contributed by atoms with E-state index in [0.29, 0.717) is 43.9 Å². The van der Waals surface area contributed by atoms with E-state index in [-0.39, 0.29) is 10.7 Å². The SMILES string of the molecule is N#Cc1ccc(F)c(CN2CCN(S(=O)(=O)c3ccccc3)CC2)c1. The van der Waals surface area contributed by atoms with E-state index in [0.717, 1.165) is 0 Å². The Kier molecular flexibility index (Phi) is 5.13. The molecule has 2 aromatic carbocycles. The van der Waals surface area contributed by atoms with Crippen LogP contribution in [0.5, 0.6) is 0 Å². The zero-order valence-electron chi connectivity index (χ0n) is 13.6. The lowest BCUT2D eigenvalue weighted by Crippen LogP contribution is -2.48. The Labute approximate surface area is 147 Å². The molecule has 130 valence electrons. The summed E-state index contributed by atoms with van der Waals surface area (Å²) in [4.78, 5) is 2.28. The highest BCUT2D eigenvalue weighted by molar-refractivity contribution is 7.89. The fourth-order valence-corrected chi connectivity index (χ4v) is 4.32. The van der Waals surface area contributed by atoms with Crippen LogP contribution < -0.4 is 0 Å². The second kappa shape index (κ2) is 7.31. The Morgan fingerprint density at radius 3 is 2.36 bits per heavy atom. The third kappa shape index (κ3) is 3.87. The van der Waals surface area contributed by atoms with Crippen molar-refractivity contribution in [3.63, 3.8) is 0 Å². The molecule has 0 saturated carbocycles. The van der Waals surface area contributed by atoms with Crippen LogP contribution in [-0.2, 0) is 16.6 Å². The summed E-state index contributed by atoms with van der Waals surface area (Å²) in [5.74, 6) is -0.349. The van der Waals surface area contributed by atoms with E-state index in [1.165, 1.54) is 16.4 Å². The molecule has 1 heterocycles. The van der Waals surface area contributed by atoms with E-state index in [2.05, 4.69) is 0 Å². The summed E-state index contributed by atoms with van der Waals surface area (Å²) in [6, 6.07) is 14.7. The first-order valence-electron chi connectivity index (χ1n) is 7.97. The quantitative estimate of drug-likeness (QED) is 0.840. The molecular formula is C18H18FN3O2S. The molecule has 1 aliphatic rings. The van der Waals surface area contributed by atoms with Crippen LogP contribution >= 0.6 is 0 Å². The third-order valence-corrected chi connectivity index (χ3v) is 6.19. The first-order valence-corrected chi connectivity index (χ1v) is 9.41. The minimum atomic E-state index is -3.49. The maximum Gasteiger partial charge on any atom is 0.243 e. The van der Waals surface area contributed by atoms with Crippen molar-refractivity contribution in [1.29, 1.82) is 5.26 Å². The van der Waals surface area contributed by atoms with Crippen LogP contribution in [0.15, 0.2) is 53.4 Å². The number of nitriles is 1. The number of hydrogen-bond donors (Lipinski definition) is 0. The largest absolute Gasteiger partial charge is 0.296 e. The first kappa shape index (κ1) is 17.5. The summed E-state index contributed by atoms with van der Waals surface area (Å²) < 4.78 is 40.6. The second-order valence-corrected chi connectivity index (χ2v) is 7.85. The summed E-state index contributed by atoms with van der Waals surface area (Å²) in [5.41, 5.74) is 0.875. The van der Waals surface area contributed by atoms with Gasteiger partial charge in [-0.05, 0) is 30.3 Å². The predicted molar refractivity (Wildman–Crippen MR) is 91.6 cm³/mol. The van der Waals surface area contributed by atoms with Crippen molar-refractivity contribution in [2.45, 2.75) is 11.4 Å². The summed E-state index contributed by atoms with van der Waals surface area (Å²) in [6.45, 7) is 2.11. The molecule has 0 amide bonds. The Balaban J connectivity index is 1.66. The lowest BCUT2D eigenvalue weighted by molar-refractivity contribution is 0.180. The lowest BCUT2D eigenvalue weighted by Gasteiger charge is -2.34. The molecular weight excluding hydrogens is 341 g/mol. The van der Waals surface area contributed by atoms with Crippen molar-refractivity contribution in [3.8, 4) is 6.07 Å². The highest BCUT2D eigenvalue weighted by Gasteiger charge is 2.28. The molecule has 1 fully saturated rings. The van der Waals surface area contributed by atoms with Gasteiger partial charge in [0.1, 0.15) is 5.82 Å². The highest BCUT2D eigenvalue weighted by atomic mass is 32.2. The molecule has 0 radical (unpaired) electrons. The van der Waals surface area contributed by atoms with Gasteiger partial charge in [-0.1, -0.05) is 18.2 Å². The summed E-state index contributed by atoms with van der Waals surface area (Å²) in [5, 5.41) is 8.93. The van der Waals surface area contributed by atoms with Gasteiger partial charge in [-0.2, -0.15) is 9.57 Å². The van der Waals surface area contributed by atoms with Crippen LogP contribution in [0.25, 0.3) is 0 Å². The first-order chi connectivity index (χ1) is 12.0. The van der Waals surface area contributed by atoms with Gasteiger partial charge in [0.15, 0.2) is 0 Å². The van der Waals surface area contributed by atoms with Crippen LogP contribution in [0.2, 0.25) is 0 Å². The van der Waals surface area contributed by atoms with E-state index in [1.807, 2.05) is 11.0 Å². The van der Waals surface area contributed by atoms with E-state index in [9.17, 15) is 12.8 Å². The average Bonchev–Trinajstić information content (AvgIpc) is 2.65. The Morgan fingerprint density at radius 1 is 1.04 bits per heavy atom. The number of benzene rings is 2. The number of nitrogens with zero attached hydrogens (tertiary/aromatic N) is 3. The molecule has 0 N–H and O–H groups in total. The van der Waals surface area contributed by atoms with Crippen molar-refractivity contribution in [2.24, 2.45) is 0 Å². The van der Waals surface area contributed by atoms with Gasteiger partial charge >= 0.3 is 0 Å². The Bertz CT molecular complexity index is 886. The van der Waals surface area contributed by atoms with E-state index in [4.69, 9.17) is 5.26 Å². The zero-order valence-corrected chi connectivity index (χ0v) is 14.4. The average molecular weight is 359 g/mol. The van der Waals surface area contributed by atoms with Crippen LogP contribution in [-0.4, -0.2) is 43.8 Å². The molecule has 0 atom stereocenters. The van der Waals surface area contributed by atoms with Crippen molar-refractivity contribution in [1.82, 2.24) is 9.21 Å². The summed E-state index contributed by atoms with van der Waals surface area (Å²) in [7, 11) is -3.49. The topological polar surface area (TPSA) is 64.4 Å². The molecule has 5 nitrogen and oxygen atoms in total. The monoisotopic (exact) mass is 359 g/mol. The summed E-state index contributed by atoms with van der Waals surface area (Å²) >= 11 is 0. The van der Waals surface area contributed by atoms with Crippen molar-refractivity contribution < 1.29 is 12.8 Å². The molecule has 3 rings (SSSR count). The van der Waals surface area contributed by atoms with Crippen molar-refractivity contribution >= 4 is 10.0 Å². The molecule has 25 heavy (non-hydrogen) atoms. The minimum absolute atomic E-state index is 0.288. The Hall–Kier alpha value is -2.27. The van der Waals surface area contributed by atoms with E-state index >= 15 is 0 Å². The standard InChI is InChI=1S/C18H18FN3O2S/c19-18-7-6-15(13-20)12-16(18)14-21-8-10-22(11-9-21)25(23,24)17-4-2-1-3-5-17/h1-7,12H,8-11,14H2. The lowest BCUT2D eigenvalue weighted by atomic mass is 10.1. The number of halogens is 1. The van der Waals surface area contributed by atoms with Gasteiger partial charge in [0.05, 0.1) is 16.5 Å². The van der Waals surface area contributed by atoms with Gasteiger partial charge < -0.3 is 0 Å². The van der Waals surface area contributed by atoms with Crippen molar-refractivity contribution in [2.75, 3.05) is 26.2 Å². The van der Waals surface area contributed by atoms with Crippen LogP contribution in [0, 0.1) is 17.1 Å². The molecule has 0 bridgehead atoms. The minimum Gasteiger partial charge on any atom is -0.296 e. The van der Waals surface area contributed by atoms with Crippen LogP contribution in [0.1, 0.15) is 11.1 Å². The molecule has 0 aliphatic carbocycles. The molecule has 0 aromatic heterocycles. The molecule has 7 heteroatoms. The summed E-state index contributed by atoms with van der Waals surface area (Å²) in [6.07, 6.45) is 0. The number of sulfonamides is 1. The zero-order chi connectivity index (χ0) is 17.9. The second-order valence-electron chi connectivity index (χ2n) is 5.91. The van der Waals surface area contributed by atoms with Gasteiger partial charge in [-0.15, -0.1) is 0 Å². The molecule has 0 unspecified atom stereocenters. The van der Waals surface area contributed by atoms with Gasteiger partial charge in [0.2, 0.25) is 10.0 Å². The molecule has 1 saturated heterocycles. The molecule has 0 spiro atoms. The van der Waals surface area contributed by atoms with Gasteiger partial charge in [0, 0.05) is 38.3 Å². The van der Waals surface area contributed by atoms with Crippen LogP contribution in [0.3, 0.4) is 0 Å². The predicted octanol–water partition coefficient (Wildman–Crippen LogP) is 2.20. The maximum absolute atomic E-state index is 13.9. The maximum atomic E-state index is 13.9. The number of rotatable bonds is 4. The smallest absolute Gasteiger partial charge is 0.243 e. The van der Waals surface area contributed by atoms with Crippen molar-refractivity contribution in [3.05, 3.63) is 65.5 Å². The number of hydrogen-bond acceptors (Lipinski definition) is 4. The Morgan fingerprint density at radius 2 is 1.72 bits per heavy atom. The third-order valence-electron chi connectivity index (χ3n) is 4.28. The molecule has 1 aliphatic heterocycles. The van der Waals surface area contributed by atoms with Gasteiger partial charge in [-0.3, -0.25) is 4.90 Å². The van der Waals surface area contributed by atoms with E-state index in [1.54, 1.807) is 36.4 Å².